The van der Waals surface area contributed by atoms with Gasteiger partial charge >= 0.3 is 5.97 Å². The molecule has 0 aromatic rings. The fourth-order valence-corrected chi connectivity index (χ4v) is 20.7. The Kier molecular flexibility index (Phi) is 27.6. The molecule has 620 valence electrons. The molecule has 1 amide bonds. The predicted molar refractivity (Wildman–Crippen MR) is 373 cm³/mol. The minimum absolute atomic E-state index is 0.0858. The highest BCUT2D eigenvalue weighted by Crippen LogP contribution is 2.76. The summed E-state index contributed by atoms with van der Waals surface area (Å²) in [6.45, 7) is 16.0. The summed E-state index contributed by atoms with van der Waals surface area (Å²) in [4.78, 5) is 44.8. The van der Waals surface area contributed by atoms with Gasteiger partial charge in [-0.15, -0.1) is 0 Å². The van der Waals surface area contributed by atoms with E-state index in [1.807, 2.05) is 0 Å². The number of carbonyl (C=O) groups excluding carboxylic acids is 3. The first-order chi connectivity index (χ1) is 51.0. The molecule has 11 rings (SSSR count). The number of hydrogen-bond donors (Lipinski definition) is 17. The number of aldehydes is 1. The maximum atomic E-state index is 15.7. The van der Waals surface area contributed by atoms with Crippen LogP contribution in [0.25, 0.3) is 0 Å². The summed E-state index contributed by atoms with van der Waals surface area (Å²) >= 11 is 0. The number of carbonyl (C=O) groups is 3. The van der Waals surface area contributed by atoms with E-state index in [0.717, 1.165) is 50.4 Å². The highest BCUT2D eigenvalue weighted by molar-refractivity contribution is 5.82. The largest absolute Gasteiger partial charge is 0.432 e. The molecule has 6 aliphatic heterocycles. The number of ether oxygens (including phenoxy) is 12. The standard InChI is InChI=1S/C76H125NO31/c1-10-11-12-13-14-15-16-17-18-19-28-77-63(95)60-57(94)59(104-65-54(91)48(85)40(81)33-98-65)62(107-67-55(92)50(87)49(86)41(31-78)101-67)69(105-60)102-45-23-24-72(6)42(73(45,7)34-79)22-25-74(8)43(72)21-20-37-38-29-71(4,5)26-27-76(38,44(82)30-75(37,74)9)70(96)108-68-61(51(88)46(83)35(2)99-68)106-66-56(93)52(89)58(36(3)100-66)103-64-53(90)47(84)39(80)32-97-64/h20,34-36,38-62,64-69,78,80-94H,10-19,21-33H2,1-9H3,(H,77,95)/t35-,36+,38+,39-,40-,41-,42-,43-,44-,45+,46+,47+,48+,49+,50+,51+,52+,53-,54-,55-,56-,57+,58+,59+,60+,61-,62-,64+,65+,66+,67+,68+,69-,72+,73+,74-,75-,76-/m1/s1. The van der Waals surface area contributed by atoms with E-state index >= 15 is 4.79 Å². The number of nitrogens with one attached hydrogen (secondary N) is 1. The van der Waals surface area contributed by atoms with Crippen LogP contribution in [0.15, 0.2) is 11.6 Å². The number of esters is 1. The van der Waals surface area contributed by atoms with Crippen molar-refractivity contribution in [1.29, 1.82) is 0 Å². The SMILES string of the molecule is CCCCCCCCCCCCNC(=O)[C@H]1O[C@@H](O[C@H]2CC[C@]3(C)[C@H]4CC=C5[C@@H]6CC(C)(C)CC[C@]6(C(=O)O[C@@H]6O[C@H](C)[C@H](O)[C@H](O)[C@H]6O[C@@H]6O[C@@H](C)[C@H](O[C@@H]7OC[C@@H](O)[C@H](O)[C@H]7O)[C@@H](O)[C@H]6O)[C@H](O)C[C@@]5(C)[C@]4(C)CC[C@H]3[C@]2(C)C=O)[C@H](O[C@@H]2O[C@H](CO)[C@H](O)[C@H](O)[C@H]2O)[C@@H](O[C@@H]2OC[C@@H](O)[C@H](O)[C@H]2O)[C@@H]1O. The third-order valence-corrected chi connectivity index (χ3v) is 27.6. The molecule has 4 saturated carbocycles. The van der Waals surface area contributed by atoms with Crippen LogP contribution in [0.2, 0.25) is 0 Å². The Hall–Kier alpha value is -2.73. The molecule has 10 fully saturated rings. The zero-order valence-electron chi connectivity index (χ0n) is 63.7. The Morgan fingerprint density at radius 3 is 1.70 bits per heavy atom. The number of aliphatic hydroxyl groups excluding tert-OH is 16. The smallest absolute Gasteiger partial charge is 0.317 e. The fraction of sp³-hybridized carbons (Fsp3) is 0.934. The van der Waals surface area contributed by atoms with Gasteiger partial charge in [-0.2, -0.15) is 0 Å². The van der Waals surface area contributed by atoms with E-state index in [1.54, 1.807) is 6.92 Å². The average Bonchev–Trinajstić information content (AvgIpc) is 0.670. The molecular formula is C76H125NO31. The van der Waals surface area contributed by atoms with Crippen LogP contribution >= 0.6 is 0 Å². The molecule has 32 heteroatoms. The van der Waals surface area contributed by atoms with Crippen molar-refractivity contribution in [2.75, 3.05) is 26.4 Å². The summed E-state index contributed by atoms with van der Waals surface area (Å²) in [6, 6.07) is 0. The van der Waals surface area contributed by atoms with Gasteiger partial charge in [-0.25, -0.2) is 0 Å². The van der Waals surface area contributed by atoms with E-state index in [4.69, 9.17) is 56.8 Å². The van der Waals surface area contributed by atoms with Gasteiger partial charge in [0.05, 0.1) is 49.7 Å². The third-order valence-electron chi connectivity index (χ3n) is 27.6. The van der Waals surface area contributed by atoms with Crippen LogP contribution in [0, 0.1) is 50.2 Å². The minimum atomic E-state index is -2.04. The number of hydrogen-bond acceptors (Lipinski definition) is 31. The van der Waals surface area contributed by atoms with Gasteiger partial charge < -0.3 is 149 Å². The Morgan fingerprint density at radius 1 is 0.528 bits per heavy atom. The number of aliphatic hydroxyl groups is 16. The van der Waals surface area contributed by atoms with Crippen molar-refractivity contribution in [3.05, 3.63) is 11.6 Å². The lowest BCUT2D eigenvalue weighted by atomic mass is 9.33. The highest BCUT2D eigenvalue weighted by atomic mass is 16.8. The topological polar surface area (TPSA) is 498 Å². The van der Waals surface area contributed by atoms with Gasteiger partial charge in [0.2, 0.25) is 6.29 Å². The van der Waals surface area contributed by atoms with Gasteiger partial charge in [0.15, 0.2) is 43.7 Å². The maximum absolute atomic E-state index is 15.7. The van der Waals surface area contributed by atoms with Crippen LogP contribution in [0.1, 0.15) is 184 Å². The first-order valence-electron chi connectivity index (χ1n) is 39.6. The molecule has 17 N–H and O–H groups in total. The van der Waals surface area contributed by atoms with E-state index in [9.17, 15) is 91.3 Å². The van der Waals surface area contributed by atoms with E-state index in [1.165, 1.54) is 33.1 Å². The second-order valence-electron chi connectivity index (χ2n) is 34.9. The van der Waals surface area contributed by atoms with Crippen molar-refractivity contribution in [3.63, 3.8) is 0 Å². The Morgan fingerprint density at radius 2 is 1.08 bits per heavy atom. The molecule has 11 aliphatic rings. The number of unbranched alkanes of at least 4 members (excludes halogenated alkanes) is 9. The van der Waals surface area contributed by atoms with E-state index in [0.29, 0.717) is 44.9 Å². The maximum Gasteiger partial charge on any atom is 0.317 e. The average molecular weight is 1550 g/mol. The van der Waals surface area contributed by atoms with Gasteiger partial charge in [-0.3, -0.25) is 9.59 Å². The number of amides is 1. The summed E-state index contributed by atoms with van der Waals surface area (Å²) in [5, 5.41) is 182. The number of rotatable bonds is 26. The lowest BCUT2D eigenvalue weighted by molar-refractivity contribution is -0.391. The minimum Gasteiger partial charge on any atom is -0.432 e. The van der Waals surface area contributed by atoms with Crippen LogP contribution < -0.4 is 5.32 Å². The van der Waals surface area contributed by atoms with E-state index < -0.39 is 255 Å². The summed E-state index contributed by atoms with van der Waals surface area (Å²) in [6.07, 6.45) is -34.3. The Balaban J connectivity index is 0.851. The second kappa shape index (κ2) is 34.6. The molecule has 32 nitrogen and oxygen atoms in total. The molecule has 0 aromatic carbocycles. The molecule has 108 heavy (non-hydrogen) atoms. The van der Waals surface area contributed by atoms with Gasteiger partial charge in [0.25, 0.3) is 5.91 Å². The van der Waals surface area contributed by atoms with Crippen molar-refractivity contribution in [3.8, 4) is 0 Å². The van der Waals surface area contributed by atoms with Gasteiger partial charge in [-0.1, -0.05) is 118 Å². The quantitative estimate of drug-likeness (QED) is 0.0165. The summed E-state index contributed by atoms with van der Waals surface area (Å²) in [5.74, 6) is -2.91. The Labute approximate surface area is 630 Å². The molecule has 0 radical (unpaired) electrons. The van der Waals surface area contributed by atoms with Crippen LogP contribution in [0.5, 0.6) is 0 Å². The van der Waals surface area contributed by atoms with Gasteiger partial charge in [0.1, 0.15) is 122 Å². The zero-order valence-corrected chi connectivity index (χ0v) is 63.7. The van der Waals surface area contributed by atoms with Gasteiger partial charge in [-0.05, 0) is 117 Å². The van der Waals surface area contributed by atoms with Crippen LogP contribution in [-0.4, -0.2) is 310 Å². The monoisotopic (exact) mass is 1550 g/mol. The molecule has 38 atom stereocenters. The molecular weight excluding hydrogens is 1420 g/mol. The predicted octanol–water partition coefficient (Wildman–Crippen LogP) is -0.859. The highest BCUT2D eigenvalue weighted by Gasteiger charge is 2.73. The first kappa shape index (κ1) is 86.1. The normalized spacial score (nSPS) is 50.2. The first-order valence-corrected chi connectivity index (χ1v) is 39.6. The summed E-state index contributed by atoms with van der Waals surface area (Å²) in [5.41, 5.74) is -4.49. The van der Waals surface area contributed by atoms with Crippen molar-refractivity contribution >= 4 is 18.2 Å². The van der Waals surface area contributed by atoms with Crippen LogP contribution in [0.4, 0.5) is 0 Å². The van der Waals surface area contributed by atoms with Crippen LogP contribution in [-0.2, 0) is 71.2 Å². The molecule has 0 aromatic heterocycles. The van der Waals surface area contributed by atoms with E-state index in [2.05, 4.69) is 52.9 Å². The molecule has 6 saturated heterocycles. The summed E-state index contributed by atoms with van der Waals surface area (Å²) < 4.78 is 73.8. The van der Waals surface area contributed by atoms with Gasteiger partial charge in [0, 0.05) is 6.54 Å². The second-order valence-corrected chi connectivity index (χ2v) is 34.9. The zero-order chi connectivity index (χ0) is 78.7. The molecule has 0 unspecified atom stereocenters. The number of fused-ring (bicyclic) bond motifs is 7. The molecule has 5 aliphatic carbocycles. The van der Waals surface area contributed by atoms with Crippen molar-refractivity contribution in [2.45, 2.75) is 369 Å². The van der Waals surface area contributed by atoms with Crippen LogP contribution in [0.3, 0.4) is 0 Å². The molecule has 0 bridgehead atoms. The van der Waals surface area contributed by atoms with Crippen molar-refractivity contribution < 1.29 is 153 Å². The van der Waals surface area contributed by atoms with E-state index in [-0.39, 0.29) is 37.1 Å². The number of allylic oxidation sites excluding steroid dienone is 2. The molecule has 0 spiro atoms. The van der Waals surface area contributed by atoms with Crippen molar-refractivity contribution in [1.82, 2.24) is 5.32 Å². The fourth-order valence-electron chi connectivity index (χ4n) is 20.7. The lowest BCUT2D eigenvalue weighted by Gasteiger charge is -2.71. The third kappa shape index (κ3) is 16.2. The Bertz CT molecular complexity index is 3030. The lowest BCUT2D eigenvalue weighted by Crippen LogP contribution is -2.70. The summed E-state index contributed by atoms with van der Waals surface area (Å²) in [7, 11) is 0. The van der Waals surface area contributed by atoms with Crippen molar-refractivity contribution in [2.24, 2.45) is 50.2 Å². The molecule has 6 heterocycles.